The topological polar surface area (TPSA) is 58.4 Å². The number of hydrogen-bond donors (Lipinski definition) is 0. The molecule has 1 aromatic carbocycles. The van der Waals surface area contributed by atoms with Crippen LogP contribution in [0.5, 0.6) is 0 Å². The Kier molecular flexibility index (Phi) is 5.67. The number of nitrogens with zero attached hydrogens (tertiary/aromatic N) is 4. The molecule has 0 atom stereocenters. The zero-order valence-electron chi connectivity index (χ0n) is 16.9. The highest BCUT2D eigenvalue weighted by atomic mass is 32.1. The predicted molar refractivity (Wildman–Crippen MR) is 115 cm³/mol. The number of aryl methyl sites for hydroxylation is 3. The molecule has 1 fully saturated rings. The van der Waals surface area contributed by atoms with Crippen molar-refractivity contribution in [3.8, 4) is 0 Å². The van der Waals surface area contributed by atoms with E-state index in [0.717, 1.165) is 33.6 Å². The first-order valence-corrected chi connectivity index (χ1v) is 10.9. The van der Waals surface area contributed by atoms with Crippen molar-refractivity contribution in [2.75, 3.05) is 26.2 Å². The Hall–Kier alpha value is -2.67. The van der Waals surface area contributed by atoms with Crippen LogP contribution in [0, 0.1) is 6.92 Å². The second-order valence-corrected chi connectivity index (χ2v) is 8.58. The van der Waals surface area contributed by atoms with E-state index in [9.17, 15) is 9.59 Å². The number of thiophene rings is 1. The molecule has 6 nitrogen and oxygen atoms in total. The van der Waals surface area contributed by atoms with Gasteiger partial charge < -0.3 is 9.80 Å². The van der Waals surface area contributed by atoms with E-state index < -0.39 is 0 Å². The SMILES string of the molecule is Cc1nn(C)c2sc(C(=O)N3CCN(C(=O)CCCc4ccccc4)CC3)cc12. The molecule has 0 unspecified atom stereocenters. The first-order chi connectivity index (χ1) is 14.0. The maximum atomic E-state index is 12.9. The summed E-state index contributed by atoms with van der Waals surface area (Å²) in [6, 6.07) is 12.2. The normalized spacial score (nSPS) is 14.6. The van der Waals surface area contributed by atoms with Crippen LogP contribution in [0.15, 0.2) is 36.4 Å². The number of piperazine rings is 1. The van der Waals surface area contributed by atoms with Gasteiger partial charge in [0, 0.05) is 45.0 Å². The largest absolute Gasteiger partial charge is 0.339 e. The van der Waals surface area contributed by atoms with Crippen molar-refractivity contribution in [3.63, 3.8) is 0 Å². The molecule has 2 amide bonds. The molecule has 0 radical (unpaired) electrons. The molecule has 1 aliphatic rings. The average Bonchev–Trinajstić information content (AvgIpc) is 3.29. The predicted octanol–water partition coefficient (Wildman–Crippen LogP) is 3.25. The third-order valence-electron chi connectivity index (χ3n) is 5.53. The number of rotatable bonds is 5. The maximum absolute atomic E-state index is 12.9. The van der Waals surface area contributed by atoms with Crippen LogP contribution in [0.2, 0.25) is 0 Å². The maximum Gasteiger partial charge on any atom is 0.264 e. The van der Waals surface area contributed by atoms with Gasteiger partial charge in [0.2, 0.25) is 5.91 Å². The second kappa shape index (κ2) is 8.37. The molecule has 3 heterocycles. The number of aromatic nitrogens is 2. The highest BCUT2D eigenvalue weighted by molar-refractivity contribution is 7.20. The van der Waals surface area contributed by atoms with Crippen molar-refractivity contribution in [2.45, 2.75) is 26.2 Å². The highest BCUT2D eigenvalue weighted by Crippen LogP contribution is 2.28. The number of benzene rings is 1. The molecule has 152 valence electrons. The van der Waals surface area contributed by atoms with E-state index in [1.807, 2.05) is 52.7 Å². The Labute approximate surface area is 174 Å². The van der Waals surface area contributed by atoms with Gasteiger partial charge in [0.25, 0.3) is 5.91 Å². The number of amides is 2. The molecule has 1 aliphatic heterocycles. The molecule has 2 aromatic heterocycles. The minimum absolute atomic E-state index is 0.0572. The van der Waals surface area contributed by atoms with Gasteiger partial charge in [-0.2, -0.15) is 5.10 Å². The van der Waals surface area contributed by atoms with Gasteiger partial charge in [-0.15, -0.1) is 11.3 Å². The quantitative estimate of drug-likeness (QED) is 0.649. The Morgan fingerprint density at radius 3 is 2.45 bits per heavy atom. The summed E-state index contributed by atoms with van der Waals surface area (Å²) in [6.45, 7) is 4.37. The van der Waals surface area contributed by atoms with E-state index in [1.54, 1.807) is 0 Å². The lowest BCUT2D eigenvalue weighted by molar-refractivity contribution is -0.132. The lowest BCUT2D eigenvalue weighted by Crippen LogP contribution is -2.50. The molecule has 3 aromatic rings. The molecular formula is C22H26N4O2S. The van der Waals surface area contributed by atoms with Gasteiger partial charge in [0.1, 0.15) is 4.83 Å². The Morgan fingerprint density at radius 1 is 1.07 bits per heavy atom. The molecule has 29 heavy (non-hydrogen) atoms. The summed E-state index contributed by atoms with van der Waals surface area (Å²) < 4.78 is 1.83. The summed E-state index contributed by atoms with van der Waals surface area (Å²) in [5.41, 5.74) is 2.22. The standard InChI is InChI=1S/C22H26N4O2S/c1-16-18-15-19(29-22(18)24(2)23-16)21(28)26-13-11-25(12-14-26)20(27)10-6-9-17-7-4-3-5-8-17/h3-5,7-8,15H,6,9-14H2,1-2H3. The van der Waals surface area contributed by atoms with Gasteiger partial charge in [-0.25, -0.2) is 0 Å². The molecule has 0 N–H and O–H groups in total. The minimum Gasteiger partial charge on any atom is -0.339 e. The summed E-state index contributed by atoms with van der Waals surface area (Å²) in [5.74, 6) is 0.248. The average molecular weight is 411 g/mol. The van der Waals surface area contributed by atoms with Crippen molar-refractivity contribution < 1.29 is 9.59 Å². The van der Waals surface area contributed by atoms with E-state index in [0.29, 0.717) is 32.6 Å². The zero-order chi connectivity index (χ0) is 20.4. The van der Waals surface area contributed by atoms with Crippen molar-refractivity contribution in [3.05, 3.63) is 52.5 Å². The number of carbonyl (C=O) groups is 2. The van der Waals surface area contributed by atoms with Gasteiger partial charge in [-0.1, -0.05) is 30.3 Å². The zero-order valence-corrected chi connectivity index (χ0v) is 17.7. The summed E-state index contributed by atoms with van der Waals surface area (Å²) in [4.78, 5) is 30.9. The number of hydrogen-bond acceptors (Lipinski definition) is 4. The van der Waals surface area contributed by atoms with E-state index in [4.69, 9.17) is 0 Å². The van der Waals surface area contributed by atoms with Crippen molar-refractivity contribution in [1.29, 1.82) is 0 Å². The van der Waals surface area contributed by atoms with Gasteiger partial charge in [0.05, 0.1) is 10.6 Å². The lowest BCUT2D eigenvalue weighted by Gasteiger charge is -2.34. The highest BCUT2D eigenvalue weighted by Gasteiger charge is 2.26. The molecule has 1 saturated heterocycles. The fourth-order valence-electron chi connectivity index (χ4n) is 3.87. The molecular weight excluding hydrogens is 384 g/mol. The van der Waals surface area contributed by atoms with Crippen LogP contribution in [0.4, 0.5) is 0 Å². The van der Waals surface area contributed by atoms with Crippen molar-refractivity contribution in [1.82, 2.24) is 19.6 Å². The summed E-state index contributed by atoms with van der Waals surface area (Å²) in [5, 5.41) is 5.44. The Bertz CT molecular complexity index is 982. The fraction of sp³-hybridized carbons (Fsp3) is 0.409. The van der Waals surface area contributed by atoms with Crippen molar-refractivity contribution in [2.24, 2.45) is 7.05 Å². The van der Waals surface area contributed by atoms with Crippen LogP contribution in [0.1, 0.15) is 33.8 Å². The van der Waals surface area contributed by atoms with Crippen LogP contribution in [-0.2, 0) is 18.3 Å². The van der Waals surface area contributed by atoms with Gasteiger partial charge in [-0.3, -0.25) is 14.3 Å². The monoisotopic (exact) mass is 410 g/mol. The van der Waals surface area contributed by atoms with E-state index >= 15 is 0 Å². The van der Waals surface area contributed by atoms with Crippen LogP contribution in [0.25, 0.3) is 10.2 Å². The first-order valence-electron chi connectivity index (χ1n) is 10.1. The van der Waals surface area contributed by atoms with E-state index in [2.05, 4.69) is 17.2 Å². The minimum atomic E-state index is 0.0572. The Balaban J connectivity index is 1.28. The molecule has 0 bridgehead atoms. The van der Waals surface area contributed by atoms with E-state index in [-0.39, 0.29) is 11.8 Å². The molecule has 0 spiro atoms. The Morgan fingerprint density at radius 2 is 1.76 bits per heavy atom. The summed E-state index contributed by atoms with van der Waals surface area (Å²) >= 11 is 1.49. The van der Waals surface area contributed by atoms with Gasteiger partial charge in [0.15, 0.2) is 0 Å². The fourth-order valence-corrected chi connectivity index (χ4v) is 4.96. The molecule has 7 heteroatoms. The third kappa shape index (κ3) is 4.19. The van der Waals surface area contributed by atoms with Gasteiger partial charge >= 0.3 is 0 Å². The molecule has 4 rings (SSSR count). The third-order valence-corrected chi connectivity index (χ3v) is 6.72. The number of fused-ring (bicyclic) bond motifs is 1. The first kappa shape index (κ1) is 19.6. The smallest absolute Gasteiger partial charge is 0.264 e. The number of carbonyl (C=O) groups excluding carboxylic acids is 2. The van der Waals surface area contributed by atoms with Crippen molar-refractivity contribution >= 4 is 33.4 Å². The summed E-state index contributed by atoms with van der Waals surface area (Å²) in [7, 11) is 1.91. The van der Waals surface area contributed by atoms with E-state index in [1.165, 1.54) is 16.9 Å². The van der Waals surface area contributed by atoms with Crippen LogP contribution >= 0.6 is 11.3 Å². The van der Waals surface area contributed by atoms with Crippen LogP contribution in [-0.4, -0.2) is 57.6 Å². The molecule has 0 saturated carbocycles. The molecule has 0 aliphatic carbocycles. The lowest BCUT2D eigenvalue weighted by atomic mass is 10.1. The second-order valence-electron chi connectivity index (χ2n) is 7.55. The van der Waals surface area contributed by atoms with Gasteiger partial charge in [-0.05, 0) is 31.4 Å². The van der Waals surface area contributed by atoms with Crippen LogP contribution in [0.3, 0.4) is 0 Å². The van der Waals surface area contributed by atoms with Crippen LogP contribution < -0.4 is 0 Å². The summed E-state index contributed by atoms with van der Waals surface area (Å²) in [6.07, 6.45) is 2.34.